The van der Waals surface area contributed by atoms with E-state index in [4.69, 9.17) is 0 Å². The molecular formula is C23H21N3O3S. The quantitative estimate of drug-likeness (QED) is 0.492. The van der Waals surface area contributed by atoms with Crippen molar-refractivity contribution in [1.29, 1.82) is 0 Å². The molecule has 4 aromatic rings. The number of sulfonamides is 1. The van der Waals surface area contributed by atoms with E-state index in [0.29, 0.717) is 11.4 Å². The number of carbonyl (C=O) groups is 1. The predicted molar refractivity (Wildman–Crippen MR) is 119 cm³/mol. The van der Waals surface area contributed by atoms with Crippen LogP contribution in [0.1, 0.15) is 5.56 Å². The molecule has 1 aromatic heterocycles. The number of nitrogens with zero attached hydrogens (tertiary/aromatic N) is 1. The van der Waals surface area contributed by atoms with Crippen molar-refractivity contribution in [2.24, 2.45) is 0 Å². The lowest BCUT2D eigenvalue weighted by molar-refractivity contribution is -0.115. The fourth-order valence-electron chi connectivity index (χ4n) is 3.33. The van der Waals surface area contributed by atoms with Crippen LogP contribution in [0.5, 0.6) is 0 Å². The van der Waals surface area contributed by atoms with E-state index in [1.807, 2.05) is 36.5 Å². The van der Waals surface area contributed by atoms with Crippen molar-refractivity contribution in [3.63, 3.8) is 0 Å². The molecule has 1 amide bonds. The molecule has 152 valence electrons. The maximum atomic E-state index is 13.0. The van der Waals surface area contributed by atoms with Gasteiger partial charge in [0, 0.05) is 29.8 Å². The Labute approximate surface area is 175 Å². The number of hydrogen-bond acceptors (Lipinski definition) is 3. The van der Waals surface area contributed by atoms with Crippen LogP contribution in [0.15, 0.2) is 90.0 Å². The minimum absolute atomic E-state index is 0.110. The fourth-order valence-corrected chi connectivity index (χ4v) is 4.57. The summed E-state index contributed by atoms with van der Waals surface area (Å²) in [6, 6.07) is 22.9. The van der Waals surface area contributed by atoms with E-state index in [-0.39, 0.29) is 17.2 Å². The van der Waals surface area contributed by atoms with E-state index in [9.17, 15) is 13.2 Å². The average molecular weight is 420 g/mol. The zero-order chi connectivity index (χ0) is 21.1. The number of aromatic amines is 1. The first-order valence-corrected chi connectivity index (χ1v) is 10.9. The number of benzene rings is 3. The lowest BCUT2D eigenvalue weighted by atomic mass is 10.1. The van der Waals surface area contributed by atoms with Gasteiger partial charge < -0.3 is 10.3 Å². The van der Waals surface area contributed by atoms with Gasteiger partial charge >= 0.3 is 0 Å². The molecule has 0 unspecified atom stereocenters. The summed E-state index contributed by atoms with van der Waals surface area (Å²) < 4.78 is 27.2. The van der Waals surface area contributed by atoms with Crippen molar-refractivity contribution in [2.45, 2.75) is 11.3 Å². The summed E-state index contributed by atoms with van der Waals surface area (Å²) in [7, 11) is -2.25. The lowest BCUT2D eigenvalue weighted by Crippen LogP contribution is -2.26. The Balaban J connectivity index is 1.52. The molecule has 30 heavy (non-hydrogen) atoms. The third-order valence-electron chi connectivity index (χ3n) is 4.92. The molecule has 0 bridgehead atoms. The zero-order valence-corrected chi connectivity index (χ0v) is 17.2. The molecule has 0 saturated heterocycles. The molecule has 6 nitrogen and oxygen atoms in total. The van der Waals surface area contributed by atoms with Gasteiger partial charge in [0.25, 0.3) is 10.0 Å². The number of hydrogen-bond donors (Lipinski definition) is 2. The molecule has 4 rings (SSSR count). The number of para-hydroxylation sites is 2. The van der Waals surface area contributed by atoms with Crippen LogP contribution in [-0.2, 0) is 21.2 Å². The number of H-pyrrole nitrogens is 1. The first kappa shape index (κ1) is 19.7. The Kier molecular flexibility index (Phi) is 5.29. The number of rotatable bonds is 6. The maximum Gasteiger partial charge on any atom is 0.264 e. The molecule has 0 spiro atoms. The molecule has 0 aliphatic carbocycles. The van der Waals surface area contributed by atoms with Gasteiger partial charge in [-0.1, -0.05) is 42.5 Å². The third-order valence-corrected chi connectivity index (χ3v) is 6.70. The molecule has 2 N–H and O–H groups in total. The molecule has 1 heterocycles. The Morgan fingerprint density at radius 1 is 0.967 bits per heavy atom. The first-order valence-electron chi connectivity index (χ1n) is 9.44. The molecule has 0 aliphatic rings. The van der Waals surface area contributed by atoms with Crippen molar-refractivity contribution in [1.82, 2.24) is 4.98 Å². The van der Waals surface area contributed by atoms with Crippen molar-refractivity contribution in [3.8, 4) is 0 Å². The van der Waals surface area contributed by atoms with E-state index in [1.165, 1.54) is 23.5 Å². The average Bonchev–Trinajstić information content (AvgIpc) is 3.16. The van der Waals surface area contributed by atoms with Crippen LogP contribution in [0, 0.1) is 0 Å². The zero-order valence-electron chi connectivity index (χ0n) is 16.4. The predicted octanol–water partition coefficient (Wildman–Crippen LogP) is 4.17. The van der Waals surface area contributed by atoms with E-state index < -0.39 is 10.0 Å². The summed E-state index contributed by atoms with van der Waals surface area (Å²) in [5, 5.41) is 3.79. The standard InChI is InChI=1S/C23H21N3O3S/c1-26(19-9-3-2-4-10-19)30(28,29)20-11-7-8-18(15-20)25-23(27)14-17-16-24-22-13-6-5-12-21(17)22/h2-13,15-16,24H,14H2,1H3,(H,25,27). The molecule has 7 heteroatoms. The topological polar surface area (TPSA) is 82.3 Å². The molecule has 0 radical (unpaired) electrons. The number of aromatic nitrogens is 1. The van der Waals surface area contributed by atoms with Crippen LogP contribution in [0.4, 0.5) is 11.4 Å². The van der Waals surface area contributed by atoms with Gasteiger partial charge in [-0.05, 0) is 42.0 Å². The van der Waals surface area contributed by atoms with Crippen molar-refractivity contribution in [2.75, 3.05) is 16.7 Å². The molecule has 0 fully saturated rings. The SMILES string of the molecule is CN(c1ccccc1)S(=O)(=O)c1cccc(NC(=O)Cc2c[nH]c3ccccc23)c1. The highest BCUT2D eigenvalue weighted by Crippen LogP contribution is 2.24. The van der Waals surface area contributed by atoms with E-state index in [0.717, 1.165) is 16.5 Å². The van der Waals surface area contributed by atoms with Crippen molar-refractivity contribution in [3.05, 3.63) is 90.6 Å². The molecule has 0 atom stereocenters. The normalized spacial score (nSPS) is 11.4. The van der Waals surface area contributed by atoms with E-state index in [2.05, 4.69) is 10.3 Å². The van der Waals surface area contributed by atoms with Crippen LogP contribution in [0.25, 0.3) is 10.9 Å². The van der Waals surface area contributed by atoms with Gasteiger partial charge in [0.15, 0.2) is 0 Å². The highest BCUT2D eigenvalue weighted by atomic mass is 32.2. The number of anilines is 2. The second-order valence-electron chi connectivity index (χ2n) is 6.92. The van der Waals surface area contributed by atoms with Crippen molar-refractivity contribution >= 4 is 38.2 Å². The largest absolute Gasteiger partial charge is 0.361 e. The van der Waals surface area contributed by atoms with Gasteiger partial charge in [-0.2, -0.15) is 0 Å². The Morgan fingerprint density at radius 3 is 2.50 bits per heavy atom. The number of carbonyl (C=O) groups excluding carboxylic acids is 1. The third kappa shape index (κ3) is 3.92. The smallest absolute Gasteiger partial charge is 0.264 e. The Bertz CT molecular complexity index is 1300. The number of nitrogens with one attached hydrogen (secondary N) is 2. The van der Waals surface area contributed by atoms with Crippen molar-refractivity contribution < 1.29 is 13.2 Å². The maximum absolute atomic E-state index is 13.0. The van der Waals surface area contributed by atoms with E-state index in [1.54, 1.807) is 36.4 Å². The van der Waals surface area contributed by atoms with Gasteiger partial charge in [-0.15, -0.1) is 0 Å². The molecule has 0 saturated carbocycles. The summed E-state index contributed by atoms with van der Waals surface area (Å²) >= 11 is 0. The monoisotopic (exact) mass is 419 g/mol. The second-order valence-corrected chi connectivity index (χ2v) is 8.89. The lowest BCUT2D eigenvalue weighted by Gasteiger charge is -2.19. The highest BCUT2D eigenvalue weighted by Gasteiger charge is 2.21. The fraction of sp³-hybridized carbons (Fsp3) is 0.0870. The number of amides is 1. The van der Waals surface area contributed by atoms with Crippen LogP contribution >= 0.6 is 0 Å². The summed E-state index contributed by atoms with van der Waals surface area (Å²) in [6.07, 6.45) is 2.00. The summed E-state index contributed by atoms with van der Waals surface area (Å²) in [5.41, 5.74) is 2.85. The van der Waals surface area contributed by atoms with Gasteiger partial charge in [0.2, 0.25) is 5.91 Å². The summed E-state index contributed by atoms with van der Waals surface area (Å²) in [5.74, 6) is -0.217. The summed E-state index contributed by atoms with van der Waals surface area (Å²) in [6.45, 7) is 0. The Hall–Kier alpha value is -3.58. The Morgan fingerprint density at radius 2 is 1.70 bits per heavy atom. The van der Waals surface area contributed by atoms with Crippen LogP contribution < -0.4 is 9.62 Å². The van der Waals surface area contributed by atoms with E-state index >= 15 is 0 Å². The van der Waals surface area contributed by atoms with Crippen LogP contribution in [0.2, 0.25) is 0 Å². The molecule has 0 aliphatic heterocycles. The van der Waals surface area contributed by atoms with Gasteiger partial charge in [-0.3, -0.25) is 9.10 Å². The van der Waals surface area contributed by atoms with Gasteiger partial charge in [0.05, 0.1) is 17.0 Å². The minimum atomic E-state index is -3.75. The summed E-state index contributed by atoms with van der Waals surface area (Å²) in [4.78, 5) is 15.8. The van der Waals surface area contributed by atoms with Crippen LogP contribution in [-0.4, -0.2) is 26.4 Å². The number of fused-ring (bicyclic) bond motifs is 1. The second kappa shape index (κ2) is 8.04. The molecule has 3 aromatic carbocycles. The highest BCUT2D eigenvalue weighted by molar-refractivity contribution is 7.92. The van der Waals surface area contributed by atoms with Gasteiger partial charge in [0.1, 0.15) is 0 Å². The molecular weight excluding hydrogens is 398 g/mol. The first-order chi connectivity index (χ1) is 14.4. The van der Waals surface area contributed by atoms with Crippen LogP contribution in [0.3, 0.4) is 0 Å². The minimum Gasteiger partial charge on any atom is -0.361 e. The van der Waals surface area contributed by atoms with Gasteiger partial charge in [-0.25, -0.2) is 8.42 Å².